The fourth-order valence-electron chi connectivity index (χ4n) is 12.2. The number of carbonyl (C=O) groups excluding carboxylic acids is 9. The molecule has 124 heavy (non-hydrogen) atoms. The summed E-state index contributed by atoms with van der Waals surface area (Å²) in [5.74, 6) is 0.932. The third-order valence-electron chi connectivity index (χ3n) is 17.8. The van der Waals surface area contributed by atoms with Crippen LogP contribution in [0.1, 0.15) is 48.5 Å². The Kier molecular flexibility index (Phi) is 63.0. The van der Waals surface area contributed by atoms with Gasteiger partial charge in [-0.15, -0.1) is 0 Å². The van der Waals surface area contributed by atoms with Crippen molar-refractivity contribution in [2.24, 2.45) is 0 Å². The molecule has 0 spiro atoms. The molecular weight excluding hydrogens is 1660 g/mol. The van der Waals surface area contributed by atoms with Crippen molar-refractivity contribution in [1.29, 1.82) is 0 Å². The molecule has 0 radical (unpaired) electrons. The number of carbonyl (C=O) groups is 9. The van der Waals surface area contributed by atoms with E-state index in [9.17, 15) is 63.9 Å². The molecule has 4 unspecified atom stereocenters. The number of ether oxygens (including phenoxy) is 16. The van der Waals surface area contributed by atoms with Crippen molar-refractivity contribution >= 4 is 72.9 Å². The fourth-order valence-corrected chi connectivity index (χ4v) is 12.2. The number of anilines is 3. The van der Waals surface area contributed by atoms with Crippen LogP contribution in [0.4, 0.5) is 56.2 Å². The number of fused-ring (bicyclic) bond motifs is 2. The molecule has 6 aliphatic rings. The summed E-state index contributed by atoms with van der Waals surface area (Å²) in [7, 11) is 20.2. The third kappa shape index (κ3) is 35.7. The van der Waals surface area contributed by atoms with Crippen LogP contribution in [-0.2, 0) is 80.6 Å². The number of rotatable bonds is 50. The van der Waals surface area contributed by atoms with E-state index in [1.54, 1.807) is 93.7 Å². The first-order valence-corrected chi connectivity index (χ1v) is 39.5. The molecule has 0 aliphatic carbocycles. The maximum atomic E-state index is 12.5. The number of nitrogens with one attached hydrogen (secondary N) is 4. The SMILES string of the molecule is C=O.CCOCN1C(=O)N(C)C(C)C1OCC.CCOCN1C(=O)N(C)C2C1N(COCC)C(=O)N2C.CCOCNC(=O)NCOCC.COCN(CCO)c1nc(N(CCO)COC)nc(N(COC)COC)n1.COCN1C(=O)N(CCO)C(CO)C1OC.COCN1C(=O)N(CCO)C2C1N(COC)C(=O)N2CCO.COCNC(=O)NCOC. The number of aliphatic hydroxyl groups is 6. The van der Waals surface area contributed by atoms with Crippen LogP contribution in [0, 0.1) is 0 Å². The lowest BCUT2D eigenvalue weighted by Gasteiger charge is -2.28. The van der Waals surface area contributed by atoms with E-state index in [2.05, 4.69) is 45.7 Å². The number of methoxy groups -OCH3 is 10. The highest BCUT2D eigenvalue weighted by Crippen LogP contribution is 2.36. The van der Waals surface area contributed by atoms with Crippen molar-refractivity contribution in [2.75, 3.05) is 313 Å². The van der Waals surface area contributed by atoms with Gasteiger partial charge in [0.1, 0.15) is 119 Å². The summed E-state index contributed by atoms with van der Waals surface area (Å²) in [5, 5.41) is 65.0. The van der Waals surface area contributed by atoms with Crippen LogP contribution in [0.2, 0.25) is 0 Å². The molecule has 0 aromatic carbocycles. The molecule has 0 bridgehead atoms. The second-order valence-electron chi connectivity index (χ2n) is 25.8. The van der Waals surface area contributed by atoms with E-state index in [1.807, 2.05) is 55.3 Å². The molecule has 10 N–H and O–H groups in total. The van der Waals surface area contributed by atoms with Crippen molar-refractivity contribution in [1.82, 2.24) is 95.0 Å². The molecule has 722 valence electrons. The molecule has 53 nitrogen and oxygen atoms in total. The minimum absolute atomic E-state index is 0.0163. The fraction of sp³-hybridized carbons (Fsp3) is 0.831. The maximum Gasteiger partial charge on any atom is 0.325 e. The highest BCUT2D eigenvalue weighted by molar-refractivity contribution is 5.86. The van der Waals surface area contributed by atoms with E-state index < -0.39 is 24.6 Å². The lowest BCUT2D eigenvalue weighted by Crippen LogP contribution is -2.48. The van der Waals surface area contributed by atoms with Gasteiger partial charge in [0.05, 0.1) is 45.7 Å². The van der Waals surface area contributed by atoms with Crippen LogP contribution < -0.4 is 36.0 Å². The van der Waals surface area contributed by atoms with Crippen molar-refractivity contribution in [2.45, 2.75) is 97.7 Å². The van der Waals surface area contributed by atoms with Gasteiger partial charge < -0.3 is 162 Å². The predicted octanol–water partition coefficient (Wildman–Crippen LogP) is -3.31. The lowest BCUT2D eigenvalue weighted by atomic mass is 10.2. The molecule has 1 aromatic heterocycles. The van der Waals surface area contributed by atoms with Gasteiger partial charge in [-0.25, -0.2) is 38.4 Å². The Morgan fingerprint density at radius 1 is 0.363 bits per heavy atom. The molecular formula is C71H142N22O31. The average Bonchev–Trinajstić information content (AvgIpc) is 1.58. The number of β-amino-alcohol motifs (C(OH)–C–C–N with tert-alkyl or cyclic N) is 3. The van der Waals surface area contributed by atoms with Crippen LogP contribution >= 0.6 is 0 Å². The number of hydrogen-bond donors (Lipinski definition) is 10. The van der Waals surface area contributed by atoms with Gasteiger partial charge in [0.15, 0.2) is 24.8 Å². The molecule has 7 rings (SSSR count). The van der Waals surface area contributed by atoms with Gasteiger partial charge >= 0.3 is 48.2 Å². The summed E-state index contributed by atoms with van der Waals surface area (Å²) < 4.78 is 81.4. The molecule has 6 fully saturated rings. The summed E-state index contributed by atoms with van der Waals surface area (Å²) in [6, 6.07) is -2.28. The largest absolute Gasteiger partial charge is 0.395 e. The minimum atomic E-state index is -0.593. The summed E-state index contributed by atoms with van der Waals surface area (Å²) in [6.07, 6.45) is -2.61. The summed E-state index contributed by atoms with van der Waals surface area (Å²) in [4.78, 5) is 139. The molecule has 4 atom stereocenters. The van der Waals surface area contributed by atoms with Gasteiger partial charge in [-0.05, 0) is 48.5 Å². The number of nitrogens with zero attached hydrogens (tertiary/aromatic N) is 18. The van der Waals surface area contributed by atoms with Gasteiger partial charge in [0.2, 0.25) is 17.8 Å². The van der Waals surface area contributed by atoms with E-state index in [-0.39, 0.29) is 233 Å². The Morgan fingerprint density at radius 2 is 0.677 bits per heavy atom. The molecule has 53 heteroatoms. The van der Waals surface area contributed by atoms with E-state index >= 15 is 0 Å². The standard InChI is InChI=1S/C15H30N6O6.C12H22N4O6.C12H22N4O4.C10H20N2O3.C9H18N2O5.C7H16N2O3.C5H12N2O3.CH2O/c1-24-9-19(5-7-22)13-16-14(20(6-8-23)10-25-2)18-15(17-13)21(11-26-3)12-27-4;1-21-7-15-10-9(13(3-5-17)11(15)19)14(4-6-18)12(20)16(10)8-22-2;1-5-19-7-15-10-9(13(3)11(15)17)14(4)12(18)16(10)8-20-6-2;1-5-14-7-12-9(15-6-2)8(3)11(4)10(12)13;1-15-6-11-8(16-2)7(5-13)10(3-4-12)9(11)14;1-3-11-5-8-7(10)9-6-12-4-2;1-9-3-6-5(8)7-4-10-2;1-2/h22-23H,5-12H2,1-4H3;9-10,17-18H,3-8H2,1-2H3;9-10H,5-8H2,1-4H3;8-9H,5-7H2,1-4H3;7-8,12-13H,3-6H2,1-2H3;3-6H2,1-2H3,(H2,8,9,10);3-4H2,1-2H3,(H2,6,7,8);1H2. The Balaban J connectivity index is 0.00000145. The van der Waals surface area contributed by atoms with Crippen molar-refractivity contribution in [3.05, 3.63) is 0 Å². The maximum absolute atomic E-state index is 12.5. The summed E-state index contributed by atoms with van der Waals surface area (Å²) >= 11 is 0. The first-order valence-electron chi connectivity index (χ1n) is 39.5. The number of hydrogen-bond acceptors (Lipinski definition) is 37. The average molecular weight is 1800 g/mol. The van der Waals surface area contributed by atoms with E-state index in [0.717, 1.165) is 0 Å². The second kappa shape index (κ2) is 67.7. The number of amides is 16. The third-order valence-corrected chi connectivity index (χ3v) is 17.8. The van der Waals surface area contributed by atoms with Gasteiger partial charge in [-0.1, -0.05) is 0 Å². The summed E-state index contributed by atoms with van der Waals surface area (Å²) in [6.45, 7) is 21.0. The first-order chi connectivity index (χ1) is 59.7. The smallest absolute Gasteiger partial charge is 0.325 e. The van der Waals surface area contributed by atoms with Gasteiger partial charge in [-0.2, -0.15) is 15.0 Å². The van der Waals surface area contributed by atoms with Crippen LogP contribution in [0.15, 0.2) is 0 Å². The topological polar surface area (TPSA) is 558 Å². The monoisotopic (exact) mass is 1800 g/mol. The van der Waals surface area contributed by atoms with Gasteiger partial charge in [0.25, 0.3) is 0 Å². The second-order valence-corrected chi connectivity index (χ2v) is 25.8. The van der Waals surface area contributed by atoms with Crippen molar-refractivity contribution < 1.29 is 150 Å². The van der Waals surface area contributed by atoms with E-state index in [0.29, 0.717) is 64.2 Å². The number of likely N-dealkylation sites (N-methyl/N-ethyl adjacent to an activating group) is 3. The first kappa shape index (κ1) is 115. The minimum Gasteiger partial charge on any atom is -0.395 e. The molecule has 0 saturated carbocycles. The Labute approximate surface area is 726 Å². The van der Waals surface area contributed by atoms with Crippen molar-refractivity contribution in [3.8, 4) is 0 Å². The zero-order chi connectivity index (χ0) is 93.8. The highest BCUT2D eigenvalue weighted by Gasteiger charge is 2.60. The Bertz CT molecular complexity index is 2820. The van der Waals surface area contributed by atoms with Crippen LogP contribution in [0.25, 0.3) is 0 Å². The Hall–Kier alpha value is -8.64. The highest BCUT2D eigenvalue weighted by atomic mass is 16.6. The molecule has 6 saturated heterocycles. The van der Waals surface area contributed by atoms with E-state index in [4.69, 9.17) is 76.2 Å². The quantitative estimate of drug-likeness (QED) is 0.0226. The molecule has 1 aromatic rings. The normalized spacial score (nSPS) is 19.1. The van der Waals surface area contributed by atoms with Crippen molar-refractivity contribution in [3.63, 3.8) is 0 Å². The zero-order valence-electron chi connectivity index (χ0n) is 75.7. The van der Waals surface area contributed by atoms with Gasteiger partial charge in [-0.3, -0.25) is 44.1 Å². The van der Waals surface area contributed by atoms with Crippen LogP contribution in [0.5, 0.6) is 0 Å². The number of aromatic nitrogens is 3. The van der Waals surface area contributed by atoms with Crippen LogP contribution in [-0.4, -0.2) is 507 Å². The molecule has 16 amide bonds. The van der Waals surface area contributed by atoms with Crippen LogP contribution in [0.3, 0.4) is 0 Å². The lowest BCUT2D eigenvalue weighted by molar-refractivity contribution is -0.0980. The molecule has 7 heterocycles. The number of aliphatic hydroxyl groups excluding tert-OH is 6. The van der Waals surface area contributed by atoms with E-state index in [1.165, 1.54) is 72.1 Å². The summed E-state index contributed by atoms with van der Waals surface area (Å²) in [5.41, 5.74) is 0. The molecule has 6 aliphatic heterocycles. The Morgan fingerprint density at radius 3 is 1.02 bits per heavy atom. The predicted molar refractivity (Wildman–Crippen MR) is 441 cm³/mol. The zero-order valence-corrected chi connectivity index (χ0v) is 75.7. The van der Waals surface area contributed by atoms with Gasteiger partial charge in [0, 0.05) is 165 Å². The number of urea groups is 8.